The molecule has 0 atom stereocenters. The second-order valence-corrected chi connectivity index (χ2v) is 4.45. The van der Waals surface area contributed by atoms with Gasteiger partial charge in [0.05, 0.1) is 18.1 Å². The highest BCUT2D eigenvalue weighted by molar-refractivity contribution is 5.66. The Hall–Kier alpha value is -2.49. The first-order chi connectivity index (χ1) is 9.24. The molecule has 3 rings (SSSR count). The van der Waals surface area contributed by atoms with Crippen molar-refractivity contribution in [3.05, 3.63) is 60.2 Å². The lowest BCUT2D eigenvalue weighted by Gasteiger charge is -2.07. The van der Waals surface area contributed by atoms with E-state index in [0.29, 0.717) is 0 Å². The van der Waals surface area contributed by atoms with Crippen LogP contribution in [0.15, 0.2) is 48.8 Å². The highest BCUT2D eigenvalue weighted by atomic mass is 15.5. The molecule has 0 saturated heterocycles. The zero-order chi connectivity index (χ0) is 13.2. The van der Waals surface area contributed by atoms with Crippen LogP contribution in [0.25, 0.3) is 16.8 Å². The molecule has 0 aliphatic rings. The van der Waals surface area contributed by atoms with Gasteiger partial charge in [-0.2, -0.15) is 15.0 Å². The highest BCUT2D eigenvalue weighted by Crippen LogP contribution is 2.23. The van der Waals surface area contributed by atoms with Crippen LogP contribution in [0.5, 0.6) is 0 Å². The molecular weight excluding hydrogens is 236 g/mol. The average Bonchev–Trinajstić information content (AvgIpc) is 2.93. The van der Waals surface area contributed by atoms with Crippen molar-refractivity contribution in [1.82, 2.24) is 20.0 Å². The van der Waals surface area contributed by atoms with Crippen LogP contribution in [0, 0.1) is 13.8 Å². The number of hydrogen-bond donors (Lipinski definition) is 0. The van der Waals surface area contributed by atoms with Gasteiger partial charge in [-0.1, -0.05) is 18.2 Å². The Bertz CT molecular complexity index is 685. The molecule has 0 N–H and O–H groups in total. The zero-order valence-electron chi connectivity index (χ0n) is 10.9. The summed E-state index contributed by atoms with van der Waals surface area (Å²) < 4.78 is 0. The fraction of sp³-hybridized carbons (Fsp3) is 0.133. The summed E-state index contributed by atoms with van der Waals surface area (Å²) in [5, 5.41) is 8.22. The van der Waals surface area contributed by atoms with Gasteiger partial charge in [-0.25, -0.2) is 0 Å². The standard InChI is InChI=1S/C15H14N4/c1-11-3-8-15(12(2)18-11)13-4-6-14(7-5-13)19-16-9-10-17-19/h3-10H,1-2H3. The summed E-state index contributed by atoms with van der Waals surface area (Å²) in [7, 11) is 0. The van der Waals surface area contributed by atoms with Crippen molar-refractivity contribution < 1.29 is 0 Å². The fourth-order valence-corrected chi connectivity index (χ4v) is 2.12. The number of nitrogens with zero attached hydrogens (tertiary/aromatic N) is 4. The smallest absolute Gasteiger partial charge is 0.0857 e. The minimum atomic E-state index is 0.950. The van der Waals surface area contributed by atoms with Crippen molar-refractivity contribution in [2.75, 3.05) is 0 Å². The molecule has 19 heavy (non-hydrogen) atoms. The van der Waals surface area contributed by atoms with Gasteiger partial charge in [-0.05, 0) is 37.6 Å². The zero-order valence-corrected chi connectivity index (χ0v) is 10.9. The molecule has 0 saturated carbocycles. The van der Waals surface area contributed by atoms with Crippen LogP contribution in [-0.2, 0) is 0 Å². The molecule has 0 fully saturated rings. The molecular formula is C15H14N4. The molecule has 0 aliphatic heterocycles. The topological polar surface area (TPSA) is 43.6 Å². The Balaban J connectivity index is 1.98. The van der Waals surface area contributed by atoms with Crippen LogP contribution in [0.2, 0.25) is 0 Å². The Labute approximate surface area is 111 Å². The molecule has 0 spiro atoms. The number of benzene rings is 1. The summed E-state index contributed by atoms with van der Waals surface area (Å²) in [6.07, 6.45) is 3.34. The Kier molecular flexibility index (Phi) is 2.83. The van der Waals surface area contributed by atoms with Crippen molar-refractivity contribution >= 4 is 0 Å². The lowest BCUT2D eigenvalue weighted by molar-refractivity contribution is 0.752. The van der Waals surface area contributed by atoms with E-state index in [2.05, 4.69) is 33.4 Å². The van der Waals surface area contributed by atoms with Crippen molar-refractivity contribution in [3.8, 4) is 16.8 Å². The number of aryl methyl sites for hydroxylation is 2. The van der Waals surface area contributed by atoms with E-state index in [0.717, 1.165) is 28.2 Å². The van der Waals surface area contributed by atoms with Crippen molar-refractivity contribution in [2.24, 2.45) is 0 Å². The van der Waals surface area contributed by atoms with Gasteiger partial charge in [-0.15, -0.1) is 0 Å². The van der Waals surface area contributed by atoms with E-state index < -0.39 is 0 Å². The first-order valence-electron chi connectivity index (χ1n) is 6.15. The number of pyridine rings is 1. The van der Waals surface area contributed by atoms with E-state index in [9.17, 15) is 0 Å². The van der Waals surface area contributed by atoms with Crippen LogP contribution < -0.4 is 0 Å². The second kappa shape index (κ2) is 4.65. The molecule has 3 aromatic rings. The molecule has 1 aromatic carbocycles. The minimum absolute atomic E-state index is 0.950. The Morgan fingerprint density at radius 2 is 1.53 bits per heavy atom. The SMILES string of the molecule is Cc1ccc(-c2ccc(-n3nccn3)cc2)c(C)n1. The predicted octanol–water partition coefficient (Wildman–Crippen LogP) is 2.95. The first-order valence-corrected chi connectivity index (χ1v) is 6.15. The average molecular weight is 250 g/mol. The molecule has 0 unspecified atom stereocenters. The van der Waals surface area contributed by atoms with Crippen LogP contribution in [0.4, 0.5) is 0 Å². The summed E-state index contributed by atoms with van der Waals surface area (Å²) in [4.78, 5) is 6.09. The molecule has 4 heteroatoms. The van der Waals surface area contributed by atoms with Crippen LogP contribution in [-0.4, -0.2) is 20.0 Å². The third-order valence-electron chi connectivity index (χ3n) is 3.05. The molecule has 4 nitrogen and oxygen atoms in total. The summed E-state index contributed by atoms with van der Waals surface area (Å²) in [5.41, 5.74) is 5.35. The highest BCUT2D eigenvalue weighted by Gasteiger charge is 2.04. The maximum atomic E-state index is 4.49. The molecule has 2 heterocycles. The predicted molar refractivity (Wildman–Crippen MR) is 74.1 cm³/mol. The van der Waals surface area contributed by atoms with Gasteiger partial charge < -0.3 is 0 Å². The summed E-state index contributed by atoms with van der Waals surface area (Å²) in [6.45, 7) is 4.04. The summed E-state index contributed by atoms with van der Waals surface area (Å²) in [5.74, 6) is 0. The molecule has 2 aromatic heterocycles. The fourth-order valence-electron chi connectivity index (χ4n) is 2.12. The van der Waals surface area contributed by atoms with E-state index in [1.807, 2.05) is 32.0 Å². The Morgan fingerprint density at radius 1 is 0.842 bits per heavy atom. The number of hydrogen-bond acceptors (Lipinski definition) is 3. The van der Waals surface area contributed by atoms with Crippen molar-refractivity contribution in [2.45, 2.75) is 13.8 Å². The minimum Gasteiger partial charge on any atom is -0.258 e. The first kappa shape index (κ1) is 11.6. The molecule has 0 radical (unpaired) electrons. The van der Waals surface area contributed by atoms with Gasteiger partial charge in [0, 0.05) is 17.0 Å². The number of aromatic nitrogens is 4. The van der Waals surface area contributed by atoms with E-state index >= 15 is 0 Å². The van der Waals surface area contributed by atoms with Crippen LogP contribution in [0.3, 0.4) is 0 Å². The third kappa shape index (κ3) is 2.25. The molecule has 0 aliphatic carbocycles. The van der Waals surface area contributed by atoms with Crippen molar-refractivity contribution in [1.29, 1.82) is 0 Å². The molecule has 94 valence electrons. The van der Waals surface area contributed by atoms with Crippen LogP contribution >= 0.6 is 0 Å². The third-order valence-corrected chi connectivity index (χ3v) is 3.05. The van der Waals surface area contributed by atoms with E-state index in [1.54, 1.807) is 17.2 Å². The van der Waals surface area contributed by atoms with Gasteiger partial charge in [0.2, 0.25) is 0 Å². The summed E-state index contributed by atoms with van der Waals surface area (Å²) in [6, 6.07) is 12.3. The second-order valence-electron chi connectivity index (χ2n) is 4.45. The van der Waals surface area contributed by atoms with Crippen LogP contribution in [0.1, 0.15) is 11.4 Å². The maximum Gasteiger partial charge on any atom is 0.0857 e. The van der Waals surface area contributed by atoms with Crippen molar-refractivity contribution in [3.63, 3.8) is 0 Å². The summed E-state index contributed by atoms with van der Waals surface area (Å²) >= 11 is 0. The van der Waals surface area contributed by atoms with E-state index in [1.165, 1.54) is 0 Å². The quantitative estimate of drug-likeness (QED) is 0.702. The lowest BCUT2D eigenvalue weighted by atomic mass is 10.0. The van der Waals surface area contributed by atoms with Gasteiger partial charge in [0.25, 0.3) is 0 Å². The maximum absolute atomic E-state index is 4.49. The Morgan fingerprint density at radius 3 is 2.16 bits per heavy atom. The van der Waals surface area contributed by atoms with Gasteiger partial charge in [0.15, 0.2) is 0 Å². The van der Waals surface area contributed by atoms with E-state index in [4.69, 9.17) is 0 Å². The number of rotatable bonds is 2. The molecule has 0 amide bonds. The molecule has 0 bridgehead atoms. The largest absolute Gasteiger partial charge is 0.258 e. The van der Waals surface area contributed by atoms with Gasteiger partial charge in [0.1, 0.15) is 0 Å². The van der Waals surface area contributed by atoms with Gasteiger partial charge in [-0.3, -0.25) is 4.98 Å². The monoisotopic (exact) mass is 250 g/mol. The van der Waals surface area contributed by atoms with E-state index in [-0.39, 0.29) is 0 Å². The lowest BCUT2D eigenvalue weighted by Crippen LogP contribution is -1.98. The normalized spacial score (nSPS) is 10.6. The van der Waals surface area contributed by atoms with Gasteiger partial charge >= 0.3 is 0 Å².